The summed E-state index contributed by atoms with van der Waals surface area (Å²) in [6.45, 7) is 0. The summed E-state index contributed by atoms with van der Waals surface area (Å²) in [5.41, 5.74) is 5.27. The number of nitrogens with two attached hydrogens (primary N) is 1. The largest absolute Gasteiger partial charge is 0.398 e. The lowest BCUT2D eigenvalue weighted by Gasteiger charge is -2.04. The lowest BCUT2D eigenvalue weighted by molar-refractivity contribution is -0.105. The SMILES string of the molecule is Nc1ccc(SCC(F)(F)F)cn1. The second-order valence-electron chi connectivity index (χ2n) is 2.32. The molecule has 0 atom stereocenters. The zero-order valence-corrected chi connectivity index (χ0v) is 7.32. The van der Waals surface area contributed by atoms with E-state index < -0.39 is 11.9 Å². The zero-order chi connectivity index (χ0) is 9.90. The summed E-state index contributed by atoms with van der Waals surface area (Å²) in [7, 11) is 0. The summed E-state index contributed by atoms with van der Waals surface area (Å²) in [6.07, 6.45) is -2.82. The number of nitrogens with zero attached hydrogens (tertiary/aromatic N) is 1. The number of alkyl halides is 3. The number of rotatable bonds is 2. The molecule has 0 fully saturated rings. The molecule has 0 spiro atoms. The normalized spacial score (nSPS) is 11.6. The molecule has 1 aromatic heterocycles. The van der Waals surface area contributed by atoms with Crippen LogP contribution in [0.2, 0.25) is 0 Å². The Balaban J connectivity index is 2.51. The number of anilines is 1. The number of hydrogen-bond donors (Lipinski definition) is 1. The second-order valence-corrected chi connectivity index (χ2v) is 3.37. The van der Waals surface area contributed by atoms with Gasteiger partial charge in [-0.1, -0.05) is 0 Å². The Kier molecular flexibility index (Phi) is 3.02. The maximum Gasteiger partial charge on any atom is 0.398 e. The number of thioether (sulfide) groups is 1. The molecule has 0 saturated heterocycles. The monoisotopic (exact) mass is 208 g/mol. The van der Waals surface area contributed by atoms with Crippen LogP contribution in [0.1, 0.15) is 0 Å². The van der Waals surface area contributed by atoms with E-state index in [9.17, 15) is 13.2 Å². The van der Waals surface area contributed by atoms with E-state index in [0.29, 0.717) is 22.5 Å². The first-order valence-electron chi connectivity index (χ1n) is 3.38. The van der Waals surface area contributed by atoms with E-state index in [0.717, 1.165) is 0 Å². The van der Waals surface area contributed by atoms with Crippen molar-refractivity contribution in [3.63, 3.8) is 0 Å². The molecule has 72 valence electrons. The first kappa shape index (κ1) is 10.2. The minimum absolute atomic E-state index is 0.302. The topological polar surface area (TPSA) is 38.9 Å². The summed E-state index contributed by atoms with van der Waals surface area (Å²) in [5, 5.41) is 0. The average Bonchev–Trinajstić information content (AvgIpc) is 2.02. The molecule has 0 saturated carbocycles. The lowest BCUT2D eigenvalue weighted by Crippen LogP contribution is -2.10. The van der Waals surface area contributed by atoms with Gasteiger partial charge >= 0.3 is 6.18 Å². The number of aromatic nitrogens is 1. The van der Waals surface area contributed by atoms with E-state index in [-0.39, 0.29) is 0 Å². The van der Waals surface area contributed by atoms with Crippen molar-refractivity contribution in [3.8, 4) is 0 Å². The minimum atomic E-state index is -4.15. The molecule has 1 aromatic rings. The summed E-state index contributed by atoms with van der Waals surface area (Å²) < 4.78 is 35.3. The van der Waals surface area contributed by atoms with Gasteiger partial charge in [0.15, 0.2) is 0 Å². The summed E-state index contributed by atoms with van der Waals surface area (Å²) in [6, 6.07) is 2.98. The fourth-order valence-corrected chi connectivity index (χ4v) is 1.26. The van der Waals surface area contributed by atoms with Gasteiger partial charge in [0.05, 0.1) is 5.75 Å². The standard InChI is InChI=1S/C7H7F3N2S/c8-7(9,10)4-13-5-1-2-6(11)12-3-5/h1-3H,4H2,(H2,11,12). The van der Waals surface area contributed by atoms with Crippen molar-refractivity contribution in [3.05, 3.63) is 18.3 Å². The maximum absolute atomic E-state index is 11.8. The third-order valence-corrected chi connectivity index (χ3v) is 2.21. The first-order chi connectivity index (χ1) is 5.97. The van der Waals surface area contributed by atoms with Crippen LogP contribution in [0.3, 0.4) is 0 Å². The Morgan fingerprint density at radius 1 is 1.38 bits per heavy atom. The highest BCUT2D eigenvalue weighted by molar-refractivity contribution is 7.99. The van der Waals surface area contributed by atoms with Gasteiger partial charge < -0.3 is 5.73 Å². The fourth-order valence-electron chi connectivity index (χ4n) is 0.642. The van der Waals surface area contributed by atoms with Crippen molar-refractivity contribution in [2.75, 3.05) is 11.5 Å². The van der Waals surface area contributed by atoms with Gasteiger partial charge in [-0.15, -0.1) is 11.8 Å². The fraction of sp³-hybridized carbons (Fsp3) is 0.286. The molecule has 0 aromatic carbocycles. The quantitative estimate of drug-likeness (QED) is 0.758. The van der Waals surface area contributed by atoms with Gasteiger partial charge in [-0.25, -0.2) is 4.98 Å². The van der Waals surface area contributed by atoms with Gasteiger partial charge in [0, 0.05) is 11.1 Å². The van der Waals surface area contributed by atoms with Gasteiger partial charge in [0.25, 0.3) is 0 Å². The van der Waals surface area contributed by atoms with Crippen LogP contribution >= 0.6 is 11.8 Å². The predicted octanol–water partition coefficient (Wildman–Crippen LogP) is 2.32. The van der Waals surface area contributed by atoms with Crippen LogP contribution in [-0.4, -0.2) is 16.9 Å². The van der Waals surface area contributed by atoms with E-state index in [1.807, 2.05) is 0 Å². The van der Waals surface area contributed by atoms with Crippen molar-refractivity contribution in [2.45, 2.75) is 11.1 Å². The minimum Gasteiger partial charge on any atom is -0.384 e. The van der Waals surface area contributed by atoms with Gasteiger partial charge in [0.2, 0.25) is 0 Å². The van der Waals surface area contributed by atoms with Crippen LogP contribution in [0.25, 0.3) is 0 Å². The third kappa shape index (κ3) is 4.02. The van der Waals surface area contributed by atoms with E-state index in [2.05, 4.69) is 4.98 Å². The van der Waals surface area contributed by atoms with E-state index >= 15 is 0 Å². The number of pyridine rings is 1. The van der Waals surface area contributed by atoms with Gasteiger partial charge in [-0.3, -0.25) is 0 Å². The van der Waals surface area contributed by atoms with Crippen LogP contribution in [0.5, 0.6) is 0 Å². The number of halogens is 3. The van der Waals surface area contributed by atoms with E-state index in [1.165, 1.54) is 18.3 Å². The van der Waals surface area contributed by atoms with Crippen molar-refractivity contribution >= 4 is 17.6 Å². The summed E-state index contributed by atoms with van der Waals surface area (Å²) >= 11 is 0.693. The predicted molar refractivity (Wildman–Crippen MR) is 45.4 cm³/mol. The Morgan fingerprint density at radius 2 is 2.08 bits per heavy atom. The van der Waals surface area contributed by atoms with Crippen LogP contribution in [0, 0.1) is 0 Å². The summed E-state index contributed by atoms with van der Waals surface area (Å²) in [5.74, 6) is -0.602. The maximum atomic E-state index is 11.8. The second kappa shape index (κ2) is 3.87. The Labute approximate surface area is 77.3 Å². The van der Waals surface area contributed by atoms with Gasteiger partial charge in [0.1, 0.15) is 5.82 Å². The Bertz CT molecular complexity index is 270. The smallest absolute Gasteiger partial charge is 0.384 e. The molecule has 2 nitrogen and oxygen atoms in total. The molecule has 0 amide bonds. The highest BCUT2D eigenvalue weighted by Crippen LogP contribution is 2.26. The van der Waals surface area contributed by atoms with Crippen LogP contribution in [0.4, 0.5) is 19.0 Å². The van der Waals surface area contributed by atoms with Crippen LogP contribution < -0.4 is 5.73 Å². The molecule has 0 aliphatic rings. The molecule has 2 N–H and O–H groups in total. The van der Waals surface area contributed by atoms with Crippen LogP contribution in [0.15, 0.2) is 23.2 Å². The van der Waals surface area contributed by atoms with E-state index in [1.54, 1.807) is 0 Å². The van der Waals surface area contributed by atoms with Crippen molar-refractivity contribution < 1.29 is 13.2 Å². The molecular formula is C7H7F3N2S. The molecule has 0 bridgehead atoms. The Hall–Kier alpha value is -0.910. The van der Waals surface area contributed by atoms with Crippen LogP contribution in [-0.2, 0) is 0 Å². The molecule has 0 unspecified atom stereocenters. The molecule has 1 heterocycles. The zero-order valence-electron chi connectivity index (χ0n) is 6.51. The molecule has 1 rings (SSSR count). The van der Waals surface area contributed by atoms with Crippen molar-refractivity contribution in [1.29, 1.82) is 0 Å². The molecule has 0 aliphatic heterocycles. The highest BCUT2D eigenvalue weighted by Gasteiger charge is 2.27. The van der Waals surface area contributed by atoms with E-state index in [4.69, 9.17) is 5.73 Å². The Morgan fingerprint density at radius 3 is 2.54 bits per heavy atom. The molecule has 6 heteroatoms. The molecular weight excluding hydrogens is 201 g/mol. The van der Waals surface area contributed by atoms with Crippen molar-refractivity contribution in [2.24, 2.45) is 0 Å². The number of hydrogen-bond acceptors (Lipinski definition) is 3. The van der Waals surface area contributed by atoms with Gasteiger partial charge in [-0.05, 0) is 12.1 Å². The molecule has 0 aliphatic carbocycles. The summed E-state index contributed by atoms with van der Waals surface area (Å²) in [4.78, 5) is 4.13. The first-order valence-corrected chi connectivity index (χ1v) is 4.37. The average molecular weight is 208 g/mol. The molecule has 0 radical (unpaired) electrons. The van der Waals surface area contributed by atoms with Crippen molar-refractivity contribution in [1.82, 2.24) is 4.98 Å². The number of nitrogen functional groups attached to an aromatic ring is 1. The highest BCUT2D eigenvalue weighted by atomic mass is 32.2. The van der Waals surface area contributed by atoms with Gasteiger partial charge in [-0.2, -0.15) is 13.2 Å². The molecule has 13 heavy (non-hydrogen) atoms. The lowest BCUT2D eigenvalue weighted by atomic mass is 10.5. The third-order valence-electron chi connectivity index (χ3n) is 1.16.